The van der Waals surface area contributed by atoms with E-state index in [0.717, 1.165) is 6.07 Å². The second-order valence-corrected chi connectivity index (χ2v) is 5.77. The highest BCUT2D eigenvalue weighted by atomic mass is 35.5. The molecule has 3 rings (SSSR count). The molecular weight excluding hydrogens is 363 g/mol. The summed E-state index contributed by atoms with van der Waals surface area (Å²) in [5.74, 6) is -2.17. The van der Waals surface area contributed by atoms with Gasteiger partial charge in [-0.05, 0) is 42.0 Å². The van der Waals surface area contributed by atoms with Crippen LogP contribution in [0.25, 0.3) is 6.08 Å². The van der Waals surface area contributed by atoms with Gasteiger partial charge in [-0.15, -0.1) is 0 Å². The number of imide groups is 2. The largest absolute Gasteiger partial charge is 0.497 e. The van der Waals surface area contributed by atoms with Gasteiger partial charge in [0.1, 0.15) is 17.1 Å². The minimum absolute atomic E-state index is 0.253. The molecule has 8 heteroatoms. The molecule has 26 heavy (non-hydrogen) atoms. The topological polar surface area (TPSA) is 75.7 Å². The van der Waals surface area contributed by atoms with Gasteiger partial charge < -0.3 is 4.74 Å². The SMILES string of the molecule is COc1cc(Cl)cc(/C=C2/C(=O)NC(=O)N(c3ccccc3F)C2=O)c1. The third-order valence-corrected chi connectivity index (χ3v) is 3.85. The molecule has 6 nitrogen and oxygen atoms in total. The van der Waals surface area contributed by atoms with E-state index < -0.39 is 23.7 Å². The first kappa shape index (κ1) is 17.6. The molecule has 1 fully saturated rings. The van der Waals surface area contributed by atoms with Gasteiger partial charge in [0.2, 0.25) is 0 Å². The van der Waals surface area contributed by atoms with E-state index in [2.05, 4.69) is 0 Å². The van der Waals surface area contributed by atoms with Crippen LogP contribution in [0.5, 0.6) is 5.75 Å². The van der Waals surface area contributed by atoms with Crippen LogP contribution < -0.4 is 15.0 Å². The van der Waals surface area contributed by atoms with Gasteiger partial charge in [-0.1, -0.05) is 23.7 Å². The number of urea groups is 1. The van der Waals surface area contributed by atoms with Gasteiger partial charge in [0, 0.05) is 5.02 Å². The number of hydrogen-bond acceptors (Lipinski definition) is 4. The number of methoxy groups -OCH3 is 1. The van der Waals surface area contributed by atoms with Crippen molar-refractivity contribution < 1.29 is 23.5 Å². The van der Waals surface area contributed by atoms with Crippen LogP contribution in [0.2, 0.25) is 5.02 Å². The second kappa shape index (κ2) is 6.97. The van der Waals surface area contributed by atoms with E-state index >= 15 is 0 Å². The molecule has 2 aromatic carbocycles. The molecule has 4 amide bonds. The summed E-state index contributed by atoms with van der Waals surface area (Å²) in [6.07, 6.45) is 1.26. The van der Waals surface area contributed by atoms with Crippen LogP contribution in [0.3, 0.4) is 0 Å². The number of halogens is 2. The number of ether oxygens (including phenoxy) is 1. The summed E-state index contributed by atoms with van der Waals surface area (Å²) < 4.78 is 19.1. The van der Waals surface area contributed by atoms with Gasteiger partial charge in [0.05, 0.1) is 12.8 Å². The lowest BCUT2D eigenvalue weighted by Crippen LogP contribution is -2.54. The fourth-order valence-electron chi connectivity index (χ4n) is 2.46. The predicted molar refractivity (Wildman–Crippen MR) is 93.4 cm³/mol. The zero-order valence-corrected chi connectivity index (χ0v) is 14.2. The number of benzene rings is 2. The molecule has 1 N–H and O–H groups in total. The first-order valence-corrected chi connectivity index (χ1v) is 7.79. The van der Waals surface area contributed by atoms with Crippen LogP contribution in [0.1, 0.15) is 5.56 Å². The number of amides is 4. The molecular formula is C18H12ClFN2O4. The van der Waals surface area contributed by atoms with Crippen molar-refractivity contribution in [3.05, 3.63) is 64.4 Å². The normalized spacial score (nSPS) is 16.0. The third-order valence-electron chi connectivity index (χ3n) is 3.64. The highest BCUT2D eigenvalue weighted by Gasteiger charge is 2.37. The van der Waals surface area contributed by atoms with Crippen molar-refractivity contribution in [2.24, 2.45) is 0 Å². The van der Waals surface area contributed by atoms with Gasteiger partial charge in [-0.3, -0.25) is 14.9 Å². The number of para-hydroxylation sites is 1. The van der Waals surface area contributed by atoms with Crippen LogP contribution in [-0.2, 0) is 9.59 Å². The minimum atomic E-state index is -1.02. The van der Waals surface area contributed by atoms with Crippen LogP contribution >= 0.6 is 11.6 Å². The molecule has 2 aromatic rings. The monoisotopic (exact) mass is 374 g/mol. The molecule has 1 aliphatic heterocycles. The maximum atomic E-state index is 14.0. The standard InChI is InChI=1S/C18H12ClFN2O4/c1-26-12-7-10(6-11(19)9-12)8-13-16(23)21-18(25)22(17(13)24)15-5-3-2-4-14(15)20/h2-9H,1H3,(H,21,23,25)/b13-8-. The summed E-state index contributed by atoms with van der Waals surface area (Å²) in [5.41, 5.74) is -0.176. The number of nitrogens with one attached hydrogen (secondary N) is 1. The van der Waals surface area contributed by atoms with E-state index in [4.69, 9.17) is 16.3 Å². The number of nitrogens with zero attached hydrogens (tertiary/aromatic N) is 1. The van der Waals surface area contributed by atoms with Crippen molar-refractivity contribution in [3.8, 4) is 5.75 Å². The van der Waals surface area contributed by atoms with Crippen LogP contribution in [0.15, 0.2) is 48.0 Å². The molecule has 0 unspecified atom stereocenters. The molecule has 1 heterocycles. The van der Waals surface area contributed by atoms with Crippen molar-refractivity contribution in [3.63, 3.8) is 0 Å². The molecule has 0 bridgehead atoms. The molecule has 132 valence electrons. The van der Waals surface area contributed by atoms with E-state index in [1.807, 2.05) is 5.32 Å². The fourth-order valence-corrected chi connectivity index (χ4v) is 2.70. The van der Waals surface area contributed by atoms with Crippen molar-refractivity contribution in [2.75, 3.05) is 12.0 Å². The van der Waals surface area contributed by atoms with Crippen LogP contribution in [0, 0.1) is 5.82 Å². The van der Waals surface area contributed by atoms with E-state index in [0.29, 0.717) is 21.2 Å². The van der Waals surface area contributed by atoms with Gasteiger partial charge in [-0.25, -0.2) is 14.1 Å². The summed E-state index contributed by atoms with van der Waals surface area (Å²) in [4.78, 5) is 37.4. The lowest BCUT2D eigenvalue weighted by atomic mass is 10.1. The first-order chi connectivity index (χ1) is 12.4. The Labute approximate surface area is 152 Å². The molecule has 0 aromatic heterocycles. The van der Waals surface area contributed by atoms with Gasteiger partial charge >= 0.3 is 6.03 Å². The van der Waals surface area contributed by atoms with E-state index in [1.165, 1.54) is 37.5 Å². The van der Waals surface area contributed by atoms with Gasteiger partial charge in [-0.2, -0.15) is 0 Å². The van der Waals surface area contributed by atoms with Crippen molar-refractivity contribution in [2.45, 2.75) is 0 Å². The smallest absolute Gasteiger partial charge is 0.336 e. The Hall–Kier alpha value is -3.19. The molecule has 1 aliphatic rings. The molecule has 0 aliphatic carbocycles. The molecule has 1 saturated heterocycles. The number of carbonyl (C=O) groups excluding carboxylic acids is 3. The van der Waals surface area contributed by atoms with Crippen molar-refractivity contribution in [1.29, 1.82) is 0 Å². The summed E-state index contributed by atoms with van der Waals surface area (Å²) in [6.45, 7) is 0. The van der Waals surface area contributed by atoms with Crippen molar-refractivity contribution >= 4 is 41.2 Å². The van der Waals surface area contributed by atoms with Crippen LogP contribution in [-0.4, -0.2) is 25.0 Å². The van der Waals surface area contributed by atoms with E-state index in [1.54, 1.807) is 12.1 Å². The number of barbiturate groups is 1. The maximum absolute atomic E-state index is 14.0. The minimum Gasteiger partial charge on any atom is -0.497 e. The summed E-state index contributed by atoms with van der Waals surface area (Å²) >= 11 is 5.98. The van der Waals surface area contributed by atoms with E-state index in [9.17, 15) is 18.8 Å². The average molecular weight is 375 g/mol. The Morgan fingerprint density at radius 3 is 2.58 bits per heavy atom. The lowest BCUT2D eigenvalue weighted by Gasteiger charge is -2.26. The Morgan fingerprint density at radius 1 is 1.15 bits per heavy atom. The summed E-state index contributed by atoms with van der Waals surface area (Å²) in [7, 11) is 1.44. The molecule has 0 spiro atoms. The van der Waals surface area contributed by atoms with E-state index in [-0.39, 0.29) is 11.3 Å². The average Bonchev–Trinajstić information content (AvgIpc) is 2.59. The maximum Gasteiger partial charge on any atom is 0.336 e. The number of rotatable bonds is 3. The Bertz CT molecular complexity index is 958. The van der Waals surface area contributed by atoms with Gasteiger partial charge in [0.25, 0.3) is 11.8 Å². The quantitative estimate of drug-likeness (QED) is 0.661. The Balaban J connectivity index is 2.06. The Kier molecular flexibility index (Phi) is 4.73. The summed E-state index contributed by atoms with van der Waals surface area (Å²) in [5, 5.41) is 2.36. The molecule has 0 atom stereocenters. The molecule has 0 saturated carbocycles. The highest BCUT2D eigenvalue weighted by molar-refractivity contribution is 6.39. The predicted octanol–water partition coefficient (Wildman–Crippen LogP) is 3.15. The number of hydrogen-bond donors (Lipinski definition) is 1. The number of anilines is 1. The summed E-state index contributed by atoms with van der Waals surface area (Å²) in [6, 6.07) is 8.88. The Morgan fingerprint density at radius 2 is 1.88 bits per heavy atom. The third kappa shape index (κ3) is 3.29. The fraction of sp³-hybridized carbons (Fsp3) is 0.0556. The second-order valence-electron chi connectivity index (χ2n) is 5.33. The zero-order chi connectivity index (χ0) is 18.8. The lowest BCUT2D eigenvalue weighted by molar-refractivity contribution is -0.122. The first-order valence-electron chi connectivity index (χ1n) is 7.41. The molecule has 0 radical (unpaired) electrons. The highest BCUT2D eigenvalue weighted by Crippen LogP contribution is 2.26. The van der Waals surface area contributed by atoms with Crippen molar-refractivity contribution in [1.82, 2.24) is 5.32 Å². The number of carbonyl (C=O) groups is 3. The zero-order valence-electron chi connectivity index (χ0n) is 13.5. The van der Waals surface area contributed by atoms with Crippen LogP contribution in [0.4, 0.5) is 14.9 Å². The van der Waals surface area contributed by atoms with Gasteiger partial charge in [0.15, 0.2) is 0 Å².